The van der Waals surface area contributed by atoms with E-state index >= 15 is 0 Å². The molecule has 3 aromatic rings. The van der Waals surface area contributed by atoms with Gasteiger partial charge < -0.3 is 20.0 Å². The molecule has 0 aliphatic carbocycles. The standard InChI is InChI=1S/C24H23ClN4O4/c1-16-2-3-17(14-20(16)25)23-8-5-19(33-23)6-9-24(30)27-18-4-7-21(22(15-18)29(31)32)28-12-10-26-11-13-28/h2-9,14-15,26H,10-13H2,1H3,(H,27,30)/b9-6+. The number of nitrogens with one attached hydrogen (secondary N) is 2. The summed E-state index contributed by atoms with van der Waals surface area (Å²) >= 11 is 6.18. The van der Waals surface area contributed by atoms with E-state index in [1.54, 1.807) is 24.3 Å². The third-order valence-corrected chi connectivity index (χ3v) is 5.79. The van der Waals surface area contributed by atoms with Crippen molar-refractivity contribution >= 4 is 40.6 Å². The SMILES string of the molecule is Cc1ccc(-c2ccc(/C=C/C(=O)Nc3ccc(N4CCNCC4)c([N+](=O)[O-])c3)o2)cc1Cl. The summed E-state index contributed by atoms with van der Waals surface area (Å²) in [4.78, 5) is 25.5. The summed E-state index contributed by atoms with van der Waals surface area (Å²) in [5.74, 6) is 0.712. The lowest BCUT2D eigenvalue weighted by molar-refractivity contribution is -0.384. The number of carbonyl (C=O) groups excluding carboxylic acids is 1. The number of nitro groups is 1. The van der Waals surface area contributed by atoms with Crippen LogP contribution in [0.3, 0.4) is 0 Å². The maximum absolute atomic E-state index is 12.4. The Morgan fingerprint density at radius 1 is 1.18 bits per heavy atom. The molecule has 8 nitrogen and oxygen atoms in total. The minimum atomic E-state index is -0.426. The largest absolute Gasteiger partial charge is 0.457 e. The number of carbonyl (C=O) groups is 1. The van der Waals surface area contributed by atoms with E-state index in [2.05, 4.69) is 10.6 Å². The van der Waals surface area contributed by atoms with Crippen LogP contribution in [0.5, 0.6) is 0 Å². The van der Waals surface area contributed by atoms with Crippen LogP contribution in [-0.4, -0.2) is 37.0 Å². The second kappa shape index (κ2) is 9.89. The third-order valence-electron chi connectivity index (χ3n) is 5.38. The molecule has 2 aromatic carbocycles. The lowest BCUT2D eigenvalue weighted by atomic mass is 10.1. The van der Waals surface area contributed by atoms with E-state index in [9.17, 15) is 14.9 Å². The number of piperazine rings is 1. The normalized spacial score (nSPS) is 13.9. The monoisotopic (exact) mass is 466 g/mol. The third kappa shape index (κ3) is 5.42. The van der Waals surface area contributed by atoms with Gasteiger partial charge in [0.1, 0.15) is 17.2 Å². The number of aryl methyl sites for hydroxylation is 1. The predicted molar refractivity (Wildman–Crippen MR) is 130 cm³/mol. The van der Waals surface area contributed by atoms with E-state index < -0.39 is 10.8 Å². The molecule has 33 heavy (non-hydrogen) atoms. The van der Waals surface area contributed by atoms with Crippen molar-refractivity contribution in [3.63, 3.8) is 0 Å². The second-order valence-corrected chi connectivity index (χ2v) is 8.09. The molecule has 1 aliphatic rings. The molecular formula is C24H23ClN4O4. The van der Waals surface area contributed by atoms with Gasteiger partial charge in [0, 0.05) is 54.6 Å². The summed E-state index contributed by atoms with van der Waals surface area (Å²) in [6.45, 7) is 4.84. The maximum Gasteiger partial charge on any atom is 0.294 e. The molecule has 0 atom stereocenters. The van der Waals surface area contributed by atoms with Crippen molar-refractivity contribution in [1.29, 1.82) is 0 Å². The first-order chi connectivity index (χ1) is 15.9. The Kier molecular flexibility index (Phi) is 6.76. The molecule has 0 radical (unpaired) electrons. The van der Waals surface area contributed by atoms with Crippen LogP contribution in [0.4, 0.5) is 17.1 Å². The van der Waals surface area contributed by atoms with Gasteiger partial charge in [-0.3, -0.25) is 14.9 Å². The van der Waals surface area contributed by atoms with Crippen LogP contribution >= 0.6 is 11.6 Å². The Labute approximate surface area is 196 Å². The average molecular weight is 467 g/mol. The Bertz CT molecular complexity index is 1210. The molecule has 2 N–H and O–H groups in total. The lowest BCUT2D eigenvalue weighted by Gasteiger charge is -2.29. The highest BCUT2D eigenvalue weighted by atomic mass is 35.5. The van der Waals surface area contributed by atoms with Crippen LogP contribution in [-0.2, 0) is 4.79 Å². The van der Waals surface area contributed by atoms with Gasteiger partial charge in [-0.1, -0.05) is 23.7 Å². The van der Waals surface area contributed by atoms with E-state index in [1.165, 1.54) is 18.2 Å². The van der Waals surface area contributed by atoms with Crippen LogP contribution < -0.4 is 15.5 Å². The van der Waals surface area contributed by atoms with Gasteiger partial charge in [-0.15, -0.1) is 0 Å². The zero-order valence-corrected chi connectivity index (χ0v) is 18.8. The van der Waals surface area contributed by atoms with Crippen LogP contribution in [0.1, 0.15) is 11.3 Å². The summed E-state index contributed by atoms with van der Waals surface area (Å²) in [6.07, 6.45) is 2.86. The molecule has 9 heteroatoms. The number of hydrogen-bond acceptors (Lipinski definition) is 6. The van der Waals surface area contributed by atoms with Crippen molar-refractivity contribution in [3.05, 3.63) is 81.1 Å². The fourth-order valence-corrected chi connectivity index (χ4v) is 3.79. The number of nitro benzene ring substituents is 1. The molecule has 1 aromatic heterocycles. The molecule has 4 rings (SSSR count). The molecule has 2 heterocycles. The summed E-state index contributed by atoms with van der Waals surface area (Å²) in [6, 6.07) is 13.9. The number of benzene rings is 2. The number of hydrogen-bond donors (Lipinski definition) is 2. The highest BCUT2D eigenvalue weighted by molar-refractivity contribution is 6.31. The van der Waals surface area contributed by atoms with Gasteiger partial charge in [0.15, 0.2) is 0 Å². The summed E-state index contributed by atoms with van der Waals surface area (Å²) in [5.41, 5.74) is 2.68. The van der Waals surface area contributed by atoms with Gasteiger partial charge in [-0.2, -0.15) is 0 Å². The molecule has 170 valence electrons. The highest BCUT2D eigenvalue weighted by Gasteiger charge is 2.21. The Morgan fingerprint density at radius 2 is 1.97 bits per heavy atom. The molecule has 1 fully saturated rings. The van der Waals surface area contributed by atoms with Gasteiger partial charge >= 0.3 is 0 Å². The van der Waals surface area contributed by atoms with Gasteiger partial charge in [0.2, 0.25) is 5.91 Å². The molecule has 0 spiro atoms. The number of amides is 1. The van der Waals surface area contributed by atoms with Crippen molar-refractivity contribution in [2.24, 2.45) is 0 Å². The molecule has 0 unspecified atom stereocenters. The maximum atomic E-state index is 12.4. The summed E-state index contributed by atoms with van der Waals surface area (Å²) in [7, 11) is 0. The van der Waals surface area contributed by atoms with Crippen molar-refractivity contribution < 1.29 is 14.1 Å². The van der Waals surface area contributed by atoms with Gasteiger partial charge in [-0.05, 0) is 48.9 Å². The van der Waals surface area contributed by atoms with Crippen molar-refractivity contribution in [2.75, 3.05) is 36.4 Å². The smallest absolute Gasteiger partial charge is 0.294 e. The quantitative estimate of drug-likeness (QED) is 0.305. The molecular weight excluding hydrogens is 444 g/mol. The summed E-state index contributed by atoms with van der Waals surface area (Å²) < 4.78 is 5.77. The minimum Gasteiger partial charge on any atom is -0.457 e. The number of anilines is 2. The predicted octanol–water partition coefficient (Wildman–Crippen LogP) is 4.88. The van der Waals surface area contributed by atoms with Crippen molar-refractivity contribution in [1.82, 2.24) is 5.32 Å². The van der Waals surface area contributed by atoms with Crippen molar-refractivity contribution in [2.45, 2.75) is 6.92 Å². The van der Waals surface area contributed by atoms with Crippen LogP contribution in [0.2, 0.25) is 5.02 Å². The Morgan fingerprint density at radius 3 is 2.70 bits per heavy atom. The Balaban J connectivity index is 1.44. The summed E-state index contributed by atoms with van der Waals surface area (Å²) in [5, 5.41) is 18.1. The van der Waals surface area contributed by atoms with Crippen molar-refractivity contribution in [3.8, 4) is 11.3 Å². The lowest BCUT2D eigenvalue weighted by Crippen LogP contribution is -2.43. The van der Waals surface area contributed by atoms with E-state index in [4.69, 9.17) is 16.0 Å². The number of furan rings is 1. The van der Waals surface area contributed by atoms with Crippen LogP contribution in [0.15, 0.2) is 59.0 Å². The first-order valence-electron chi connectivity index (χ1n) is 10.5. The molecule has 1 saturated heterocycles. The topological polar surface area (TPSA) is 101 Å². The molecule has 0 bridgehead atoms. The minimum absolute atomic E-state index is 0.0360. The zero-order valence-electron chi connectivity index (χ0n) is 18.0. The van der Waals surface area contributed by atoms with E-state index in [0.29, 0.717) is 41.0 Å². The van der Waals surface area contributed by atoms with Gasteiger partial charge in [0.25, 0.3) is 5.69 Å². The Hall–Kier alpha value is -3.62. The fourth-order valence-electron chi connectivity index (χ4n) is 3.61. The van der Waals surface area contributed by atoms with Gasteiger partial charge in [-0.25, -0.2) is 0 Å². The second-order valence-electron chi connectivity index (χ2n) is 7.69. The molecule has 0 saturated carbocycles. The number of halogens is 1. The molecule has 1 aliphatic heterocycles. The fraction of sp³-hybridized carbons (Fsp3) is 0.208. The van der Waals surface area contributed by atoms with E-state index in [-0.39, 0.29) is 5.69 Å². The highest BCUT2D eigenvalue weighted by Crippen LogP contribution is 2.31. The van der Waals surface area contributed by atoms with Gasteiger partial charge in [0.05, 0.1) is 4.92 Å². The average Bonchev–Trinajstić information content (AvgIpc) is 3.29. The van der Waals surface area contributed by atoms with E-state index in [1.807, 2.05) is 30.0 Å². The zero-order chi connectivity index (χ0) is 23.4. The van der Waals surface area contributed by atoms with Crippen LogP contribution in [0, 0.1) is 17.0 Å². The van der Waals surface area contributed by atoms with Crippen LogP contribution in [0.25, 0.3) is 17.4 Å². The molecule has 1 amide bonds. The van der Waals surface area contributed by atoms with E-state index in [0.717, 1.165) is 24.2 Å². The number of rotatable bonds is 6. The first-order valence-corrected chi connectivity index (χ1v) is 10.9. The number of nitrogens with zero attached hydrogens (tertiary/aromatic N) is 2. The first kappa shape index (κ1) is 22.6.